The standard InChI is InChI=1S/C19H26N6/c1-14-6-4-9-24-13-18(21-19(14)24)12-23-8-5-7-17(10-23)11-25-16(3)20-15(2)22-25/h4,6,9,13,17H,5,7-8,10-12H2,1-3H3. The fourth-order valence-corrected chi connectivity index (χ4v) is 3.93. The molecule has 1 atom stereocenters. The number of imidazole rings is 1. The highest BCUT2D eigenvalue weighted by molar-refractivity contribution is 5.47. The highest BCUT2D eigenvalue weighted by Gasteiger charge is 2.22. The molecule has 0 spiro atoms. The Labute approximate surface area is 148 Å². The quantitative estimate of drug-likeness (QED) is 0.734. The molecule has 0 amide bonds. The Morgan fingerprint density at radius 3 is 2.84 bits per heavy atom. The molecule has 1 aliphatic heterocycles. The topological polar surface area (TPSA) is 51.2 Å². The number of aromatic nitrogens is 5. The van der Waals surface area contributed by atoms with Crippen molar-refractivity contribution in [2.75, 3.05) is 13.1 Å². The predicted octanol–water partition coefficient (Wildman–Crippen LogP) is 2.76. The number of fused-ring (bicyclic) bond motifs is 1. The van der Waals surface area contributed by atoms with Crippen LogP contribution in [0, 0.1) is 26.7 Å². The number of aryl methyl sites for hydroxylation is 3. The van der Waals surface area contributed by atoms with Gasteiger partial charge in [-0.2, -0.15) is 5.10 Å². The van der Waals surface area contributed by atoms with Gasteiger partial charge in [-0.25, -0.2) is 14.6 Å². The molecule has 4 rings (SSSR count). The average Bonchev–Trinajstić information content (AvgIpc) is 3.11. The van der Waals surface area contributed by atoms with Crippen LogP contribution in [-0.2, 0) is 13.1 Å². The Hall–Kier alpha value is -2.21. The Bertz CT molecular complexity index is 877. The summed E-state index contributed by atoms with van der Waals surface area (Å²) in [7, 11) is 0. The van der Waals surface area contributed by atoms with Crippen LogP contribution in [0.2, 0.25) is 0 Å². The van der Waals surface area contributed by atoms with Gasteiger partial charge >= 0.3 is 0 Å². The second-order valence-corrected chi connectivity index (χ2v) is 7.29. The Morgan fingerprint density at radius 1 is 1.20 bits per heavy atom. The first kappa shape index (κ1) is 16.3. The van der Waals surface area contributed by atoms with Crippen LogP contribution in [0.3, 0.4) is 0 Å². The molecule has 25 heavy (non-hydrogen) atoms. The van der Waals surface area contributed by atoms with E-state index in [2.05, 4.69) is 55.5 Å². The molecule has 0 N–H and O–H groups in total. The van der Waals surface area contributed by atoms with Gasteiger partial charge in [0.15, 0.2) is 0 Å². The van der Waals surface area contributed by atoms with Crippen LogP contribution in [0.1, 0.15) is 35.7 Å². The first-order chi connectivity index (χ1) is 12.1. The van der Waals surface area contributed by atoms with Gasteiger partial charge in [-0.3, -0.25) is 4.90 Å². The van der Waals surface area contributed by atoms with E-state index in [0.29, 0.717) is 5.92 Å². The number of rotatable bonds is 4. The van der Waals surface area contributed by atoms with E-state index in [1.807, 2.05) is 13.8 Å². The summed E-state index contributed by atoms with van der Waals surface area (Å²) in [5, 5.41) is 4.52. The normalized spacial score (nSPS) is 18.9. The number of nitrogens with zero attached hydrogens (tertiary/aromatic N) is 6. The lowest BCUT2D eigenvalue weighted by molar-refractivity contribution is 0.151. The van der Waals surface area contributed by atoms with Gasteiger partial charge in [-0.05, 0) is 57.7 Å². The van der Waals surface area contributed by atoms with Gasteiger partial charge in [0.2, 0.25) is 0 Å². The number of hydrogen-bond acceptors (Lipinski definition) is 4. The molecule has 3 aromatic heterocycles. The van der Waals surface area contributed by atoms with Crippen molar-refractivity contribution >= 4 is 5.65 Å². The third-order valence-electron chi connectivity index (χ3n) is 5.11. The van der Waals surface area contributed by atoms with E-state index in [1.165, 1.54) is 18.4 Å². The van der Waals surface area contributed by atoms with Crippen molar-refractivity contribution in [3.63, 3.8) is 0 Å². The molecule has 1 fully saturated rings. The molecule has 0 radical (unpaired) electrons. The van der Waals surface area contributed by atoms with E-state index < -0.39 is 0 Å². The largest absolute Gasteiger partial charge is 0.307 e. The minimum Gasteiger partial charge on any atom is -0.307 e. The maximum atomic E-state index is 4.83. The molecule has 132 valence electrons. The van der Waals surface area contributed by atoms with Gasteiger partial charge < -0.3 is 4.40 Å². The zero-order valence-corrected chi connectivity index (χ0v) is 15.3. The molecule has 1 unspecified atom stereocenters. The zero-order chi connectivity index (χ0) is 17.4. The summed E-state index contributed by atoms with van der Waals surface area (Å²) in [6, 6.07) is 4.19. The fraction of sp³-hybridized carbons (Fsp3) is 0.526. The van der Waals surface area contributed by atoms with E-state index in [1.54, 1.807) is 0 Å². The van der Waals surface area contributed by atoms with E-state index in [4.69, 9.17) is 4.98 Å². The molecule has 1 saturated heterocycles. The van der Waals surface area contributed by atoms with Crippen LogP contribution >= 0.6 is 0 Å². The van der Waals surface area contributed by atoms with Crippen LogP contribution < -0.4 is 0 Å². The Morgan fingerprint density at radius 2 is 2.08 bits per heavy atom. The first-order valence-electron chi connectivity index (χ1n) is 9.12. The summed E-state index contributed by atoms with van der Waals surface area (Å²) >= 11 is 0. The van der Waals surface area contributed by atoms with Gasteiger partial charge in [0.1, 0.15) is 17.3 Å². The van der Waals surface area contributed by atoms with Crippen molar-refractivity contribution in [2.45, 2.75) is 46.7 Å². The van der Waals surface area contributed by atoms with Gasteiger partial charge in [-0.15, -0.1) is 0 Å². The fourth-order valence-electron chi connectivity index (χ4n) is 3.93. The van der Waals surface area contributed by atoms with Crippen LogP contribution in [0.15, 0.2) is 24.5 Å². The number of piperidine rings is 1. The second kappa shape index (κ2) is 6.59. The van der Waals surface area contributed by atoms with E-state index in [-0.39, 0.29) is 0 Å². The minimum absolute atomic E-state index is 0.632. The lowest BCUT2D eigenvalue weighted by atomic mass is 9.98. The van der Waals surface area contributed by atoms with E-state index in [0.717, 1.165) is 49.2 Å². The van der Waals surface area contributed by atoms with Crippen LogP contribution in [0.4, 0.5) is 0 Å². The summed E-state index contributed by atoms with van der Waals surface area (Å²) in [4.78, 5) is 11.8. The summed E-state index contributed by atoms with van der Waals surface area (Å²) in [6.45, 7) is 10.3. The van der Waals surface area contributed by atoms with Gasteiger partial charge in [0, 0.05) is 32.0 Å². The third-order valence-corrected chi connectivity index (χ3v) is 5.11. The van der Waals surface area contributed by atoms with Gasteiger partial charge in [-0.1, -0.05) is 6.07 Å². The predicted molar refractivity (Wildman–Crippen MR) is 97.4 cm³/mol. The SMILES string of the molecule is Cc1nc(C)n(CC2CCCN(Cc3cn4cccc(C)c4n3)C2)n1. The molecule has 0 aliphatic carbocycles. The molecule has 6 nitrogen and oxygen atoms in total. The smallest absolute Gasteiger partial charge is 0.147 e. The van der Waals surface area contributed by atoms with Crippen LogP contribution in [-0.4, -0.2) is 42.1 Å². The van der Waals surface area contributed by atoms with Crippen molar-refractivity contribution in [3.8, 4) is 0 Å². The van der Waals surface area contributed by atoms with Crippen LogP contribution in [0.5, 0.6) is 0 Å². The molecular formula is C19H26N6. The summed E-state index contributed by atoms with van der Waals surface area (Å²) in [6.07, 6.45) is 6.74. The summed E-state index contributed by atoms with van der Waals surface area (Å²) in [5.74, 6) is 2.52. The molecule has 4 heterocycles. The van der Waals surface area contributed by atoms with Crippen molar-refractivity contribution in [3.05, 3.63) is 47.4 Å². The molecule has 6 heteroatoms. The molecule has 0 aromatic carbocycles. The number of pyridine rings is 1. The monoisotopic (exact) mass is 338 g/mol. The van der Waals surface area contributed by atoms with Crippen LogP contribution in [0.25, 0.3) is 5.65 Å². The Kier molecular flexibility index (Phi) is 4.29. The first-order valence-corrected chi connectivity index (χ1v) is 9.12. The summed E-state index contributed by atoms with van der Waals surface area (Å²) in [5.41, 5.74) is 3.45. The number of hydrogen-bond donors (Lipinski definition) is 0. The average molecular weight is 338 g/mol. The molecule has 1 aliphatic rings. The maximum Gasteiger partial charge on any atom is 0.147 e. The third kappa shape index (κ3) is 3.44. The van der Waals surface area contributed by atoms with Crippen molar-refractivity contribution in [1.29, 1.82) is 0 Å². The molecule has 0 saturated carbocycles. The minimum atomic E-state index is 0.632. The lowest BCUT2D eigenvalue weighted by Crippen LogP contribution is -2.37. The maximum absolute atomic E-state index is 4.83. The van der Waals surface area contributed by atoms with Crippen molar-refractivity contribution < 1.29 is 0 Å². The number of likely N-dealkylation sites (tertiary alicyclic amines) is 1. The van der Waals surface area contributed by atoms with Gasteiger partial charge in [0.25, 0.3) is 0 Å². The Balaban J connectivity index is 1.43. The highest BCUT2D eigenvalue weighted by Crippen LogP contribution is 2.21. The zero-order valence-electron chi connectivity index (χ0n) is 15.3. The molecule has 3 aromatic rings. The van der Waals surface area contributed by atoms with Crippen molar-refractivity contribution in [2.24, 2.45) is 5.92 Å². The second-order valence-electron chi connectivity index (χ2n) is 7.29. The summed E-state index contributed by atoms with van der Waals surface area (Å²) < 4.78 is 4.20. The highest BCUT2D eigenvalue weighted by atomic mass is 15.3. The molecular weight excluding hydrogens is 312 g/mol. The lowest BCUT2D eigenvalue weighted by Gasteiger charge is -2.32. The van der Waals surface area contributed by atoms with E-state index >= 15 is 0 Å². The van der Waals surface area contributed by atoms with Gasteiger partial charge in [0.05, 0.1) is 5.69 Å². The van der Waals surface area contributed by atoms with Crippen molar-refractivity contribution in [1.82, 2.24) is 29.0 Å². The van der Waals surface area contributed by atoms with E-state index in [9.17, 15) is 0 Å². The molecule has 0 bridgehead atoms.